The summed E-state index contributed by atoms with van der Waals surface area (Å²) in [4.78, 5) is 0. The molecule has 2 aliphatic heterocycles. The van der Waals surface area contributed by atoms with Gasteiger partial charge in [0.1, 0.15) is 6.61 Å². The standard InChI is InChI=1S/C10H18O5/c1-9(2)14-6-10(15-9)3-8(12)7(4-11)5-13-10/h7-8,11-12H,3-6H2,1-2H3/t7-,8+,10+/m0/s1. The molecule has 0 aromatic carbocycles. The smallest absolute Gasteiger partial charge is 0.197 e. The van der Waals surface area contributed by atoms with Gasteiger partial charge in [-0.15, -0.1) is 0 Å². The second kappa shape index (κ2) is 3.68. The van der Waals surface area contributed by atoms with E-state index in [0.29, 0.717) is 19.6 Å². The van der Waals surface area contributed by atoms with Gasteiger partial charge in [-0.3, -0.25) is 0 Å². The predicted octanol–water partition coefficient (Wildman–Crippen LogP) is -0.145. The molecule has 2 rings (SSSR count). The molecule has 3 atom stereocenters. The predicted molar refractivity (Wildman–Crippen MR) is 51.0 cm³/mol. The van der Waals surface area contributed by atoms with Crippen molar-refractivity contribution < 1.29 is 24.4 Å². The summed E-state index contributed by atoms with van der Waals surface area (Å²) >= 11 is 0. The lowest BCUT2D eigenvalue weighted by atomic mass is 9.94. The van der Waals surface area contributed by atoms with E-state index in [1.165, 1.54) is 0 Å². The average molecular weight is 218 g/mol. The molecule has 2 aliphatic rings. The molecule has 0 radical (unpaired) electrons. The number of aliphatic hydroxyl groups is 2. The van der Waals surface area contributed by atoms with Gasteiger partial charge in [-0.1, -0.05) is 0 Å². The summed E-state index contributed by atoms with van der Waals surface area (Å²) in [5.41, 5.74) is 0. The van der Waals surface area contributed by atoms with Crippen molar-refractivity contribution in [1.29, 1.82) is 0 Å². The minimum atomic E-state index is -0.825. The highest BCUT2D eigenvalue weighted by Crippen LogP contribution is 2.39. The van der Waals surface area contributed by atoms with E-state index in [-0.39, 0.29) is 12.5 Å². The highest BCUT2D eigenvalue weighted by atomic mass is 16.8. The van der Waals surface area contributed by atoms with Crippen LogP contribution in [0.2, 0.25) is 0 Å². The fourth-order valence-electron chi connectivity index (χ4n) is 2.05. The summed E-state index contributed by atoms with van der Waals surface area (Å²) in [7, 11) is 0. The van der Waals surface area contributed by atoms with Crippen molar-refractivity contribution in [2.45, 2.75) is 37.9 Å². The van der Waals surface area contributed by atoms with Crippen LogP contribution in [0.25, 0.3) is 0 Å². The molecule has 5 heteroatoms. The molecule has 0 aromatic heterocycles. The second-order valence-electron chi connectivity index (χ2n) is 4.73. The quantitative estimate of drug-likeness (QED) is 0.641. The summed E-state index contributed by atoms with van der Waals surface area (Å²) in [5, 5.41) is 18.8. The van der Waals surface area contributed by atoms with E-state index < -0.39 is 17.7 Å². The van der Waals surface area contributed by atoms with E-state index >= 15 is 0 Å². The first kappa shape index (κ1) is 11.3. The van der Waals surface area contributed by atoms with Crippen molar-refractivity contribution in [3.8, 4) is 0 Å². The Labute approximate surface area is 88.9 Å². The van der Waals surface area contributed by atoms with Gasteiger partial charge < -0.3 is 24.4 Å². The van der Waals surface area contributed by atoms with Crippen LogP contribution < -0.4 is 0 Å². The number of hydrogen-bond donors (Lipinski definition) is 2. The van der Waals surface area contributed by atoms with Crippen molar-refractivity contribution in [3.63, 3.8) is 0 Å². The summed E-state index contributed by atoms with van der Waals surface area (Å²) in [6.45, 7) is 4.19. The van der Waals surface area contributed by atoms with E-state index in [4.69, 9.17) is 19.3 Å². The third-order valence-electron chi connectivity index (χ3n) is 2.93. The lowest BCUT2D eigenvalue weighted by Gasteiger charge is -2.38. The Morgan fingerprint density at radius 2 is 2.07 bits per heavy atom. The van der Waals surface area contributed by atoms with Crippen molar-refractivity contribution in [2.75, 3.05) is 19.8 Å². The molecular weight excluding hydrogens is 200 g/mol. The number of aliphatic hydroxyl groups excluding tert-OH is 2. The minimum Gasteiger partial charge on any atom is -0.396 e. The number of hydrogen-bond acceptors (Lipinski definition) is 5. The monoisotopic (exact) mass is 218 g/mol. The maximum atomic E-state index is 9.79. The maximum Gasteiger partial charge on any atom is 0.197 e. The largest absolute Gasteiger partial charge is 0.396 e. The van der Waals surface area contributed by atoms with E-state index in [0.717, 1.165) is 0 Å². The molecule has 0 saturated carbocycles. The normalized spacial score (nSPS) is 44.8. The highest BCUT2D eigenvalue weighted by molar-refractivity contribution is 4.88. The van der Waals surface area contributed by atoms with Crippen molar-refractivity contribution in [3.05, 3.63) is 0 Å². The Balaban J connectivity index is 2.02. The van der Waals surface area contributed by atoms with Crippen LogP contribution in [-0.4, -0.2) is 47.7 Å². The number of rotatable bonds is 1. The van der Waals surface area contributed by atoms with Crippen LogP contribution in [-0.2, 0) is 14.2 Å². The Morgan fingerprint density at radius 3 is 2.53 bits per heavy atom. The first-order chi connectivity index (χ1) is 6.96. The molecule has 2 fully saturated rings. The van der Waals surface area contributed by atoms with Crippen LogP contribution in [0.15, 0.2) is 0 Å². The molecule has 15 heavy (non-hydrogen) atoms. The Morgan fingerprint density at radius 1 is 1.33 bits per heavy atom. The summed E-state index contributed by atoms with van der Waals surface area (Å²) in [6, 6.07) is 0. The Hall–Kier alpha value is -0.200. The van der Waals surface area contributed by atoms with Crippen LogP contribution in [0.4, 0.5) is 0 Å². The lowest BCUT2D eigenvalue weighted by Crippen LogP contribution is -2.50. The van der Waals surface area contributed by atoms with E-state index in [1.807, 2.05) is 13.8 Å². The van der Waals surface area contributed by atoms with E-state index in [1.54, 1.807) is 0 Å². The average Bonchev–Trinajstić information content (AvgIpc) is 2.42. The third kappa shape index (κ3) is 2.16. The van der Waals surface area contributed by atoms with Crippen molar-refractivity contribution in [2.24, 2.45) is 5.92 Å². The van der Waals surface area contributed by atoms with E-state index in [9.17, 15) is 5.11 Å². The molecule has 88 valence electrons. The van der Waals surface area contributed by atoms with Gasteiger partial charge >= 0.3 is 0 Å². The van der Waals surface area contributed by atoms with Gasteiger partial charge in [0, 0.05) is 12.3 Å². The zero-order valence-electron chi connectivity index (χ0n) is 9.10. The van der Waals surface area contributed by atoms with Crippen molar-refractivity contribution >= 4 is 0 Å². The molecule has 5 nitrogen and oxygen atoms in total. The molecule has 0 unspecified atom stereocenters. The van der Waals surface area contributed by atoms with Crippen LogP contribution in [0.1, 0.15) is 20.3 Å². The SMILES string of the molecule is CC1(C)OC[C@@]2(C[C@@H](O)[C@@H](CO)CO2)O1. The van der Waals surface area contributed by atoms with Gasteiger partial charge in [-0.25, -0.2) is 0 Å². The van der Waals surface area contributed by atoms with Crippen LogP contribution in [0.5, 0.6) is 0 Å². The first-order valence-corrected chi connectivity index (χ1v) is 5.23. The molecule has 2 saturated heterocycles. The Kier molecular flexibility index (Phi) is 2.77. The summed E-state index contributed by atoms with van der Waals surface area (Å²) in [5.74, 6) is -1.71. The molecule has 2 heterocycles. The molecule has 1 spiro atoms. The fraction of sp³-hybridized carbons (Fsp3) is 1.00. The molecule has 0 aliphatic carbocycles. The van der Waals surface area contributed by atoms with Gasteiger partial charge in [0.05, 0.1) is 19.3 Å². The number of ether oxygens (including phenoxy) is 3. The molecule has 0 amide bonds. The van der Waals surface area contributed by atoms with Gasteiger partial charge in [-0.2, -0.15) is 0 Å². The maximum absolute atomic E-state index is 9.79. The molecular formula is C10H18O5. The molecule has 0 bridgehead atoms. The van der Waals surface area contributed by atoms with Crippen molar-refractivity contribution in [1.82, 2.24) is 0 Å². The highest BCUT2D eigenvalue weighted by Gasteiger charge is 2.51. The fourth-order valence-corrected chi connectivity index (χ4v) is 2.05. The molecule has 0 aromatic rings. The summed E-state index contributed by atoms with van der Waals surface area (Å²) in [6.07, 6.45) is -0.247. The minimum absolute atomic E-state index is 0.0680. The topological polar surface area (TPSA) is 68.2 Å². The van der Waals surface area contributed by atoms with Gasteiger partial charge in [0.2, 0.25) is 0 Å². The summed E-state index contributed by atoms with van der Waals surface area (Å²) < 4.78 is 16.7. The van der Waals surface area contributed by atoms with E-state index in [2.05, 4.69) is 0 Å². The first-order valence-electron chi connectivity index (χ1n) is 5.23. The van der Waals surface area contributed by atoms with Crippen LogP contribution in [0.3, 0.4) is 0 Å². The third-order valence-corrected chi connectivity index (χ3v) is 2.93. The van der Waals surface area contributed by atoms with Crippen LogP contribution >= 0.6 is 0 Å². The lowest BCUT2D eigenvalue weighted by molar-refractivity contribution is -0.290. The molecule has 2 N–H and O–H groups in total. The zero-order chi connectivity index (χ0) is 11.1. The second-order valence-corrected chi connectivity index (χ2v) is 4.73. The van der Waals surface area contributed by atoms with Crippen LogP contribution in [0, 0.1) is 5.92 Å². The van der Waals surface area contributed by atoms with Gasteiger partial charge in [0.15, 0.2) is 11.6 Å². The Bertz CT molecular complexity index is 242. The zero-order valence-corrected chi connectivity index (χ0v) is 9.10. The van der Waals surface area contributed by atoms with Gasteiger partial charge in [0.25, 0.3) is 0 Å². The van der Waals surface area contributed by atoms with Gasteiger partial charge in [-0.05, 0) is 13.8 Å².